The van der Waals surface area contributed by atoms with Crippen molar-refractivity contribution in [2.75, 3.05) is 13.2 Å². The van der Waals surface area contributed by atoms with Gasteiger partial charge in [-0.05, 0) is 20.3 Å². The van der Waals surface area contributed by atoms with Gasteiger partial charge in [-0.15, -0.1) is 12.3 Å². The lowest BCUT2D eigenvalue weighted by molar-refractivity contribution is 0.0303. The number of unbranched alkanes of at least 4 members (excludes halogenated alkanes) is 1. The van der Waals surface area contributed by atoms with Gasteiger partial charge in [-0.3, -0.25) is 4.57 Å². The van der Waals surface area contributed by atoms with E-state index in [9.17, 15) is 13.3 Å². The van der Waals surface area contributed by atoms with Crippen LogP contribution in [-0.4, -0.2) is 18.9 Å². The van der Waals surface area contributed by atoms with Crippen molar-refractivity contribution >= 4 is 7.60 Å². The van der Waals surface area contributed by atoms with E-state index in [1.54, 1.807) is 0 Å². The van der Waals surface area contributed by atoms with E-state index in [0.717, 1.165) is 0 Å². The molecule has 0 atom stereocenters. The van der Waals surface area contributed by atoms with Crippen LogP contribution < -0.4 is 0 Å². The third-order valence-electron chi connectivity index (χ3n) is 1.80. The smallest absolute Gasteiger partial charge is 0.305 e. The van der Waals surface area contributed by atoms with E-state index < -0.39 is 19.7 Å². The summed E-state index contributed by atoms with van der Waals surface area (Å²) in [4.78, 5) is 0. The second kappa shape index (κ2) is 7.01. The molecule has 0 bridgehead atoms. The van der Waals surface area contributed by atoms with E-state index in [1.807, 2.05) is 0 Å². The van der Waals surface area contributed by atoms with Gasteiger partial charge in [-0.25, -0.2) is 0 Å². The molecule has 0 aliphatic rings. The number of hydrogen-bond acceptors (Lipinski definition) is 3. The number of terminal acetylenes is 1. The Morgan fingerprint density at radius 3 is 2.19 bits per heavy atom. The summed E-state index contributed by atoms with van der Waals surface area (Å²) in [7, 11) is -4.36. The van der Waals surface area contributed by atoms with E-state index in [-0.39, 0.29) is 26.1 Å². The minimum absolute atomic E-state index is 0.0813. The Kier molecular flexibility index (Phi) is 6.82. The fraction of sp³-hybridized carbons (Fsp3) is 0.800. The molecule has 16 heavy (non-hydrogen) atoms. The van der Waals surface area contributed by atoms with Crippen LogP contribution in [-0.2, 0) is 13.6 Å². The van der Waals surface area contributed by atoms with Gasteiger partial charge in [-0.1, -0.05) is 0 Å². The van der Waals surface area contributed by atoms with Gasteiger partial charge in [0.1, 0.15) is 0 Å². The quantitative estimate of drug-likeness (QED) is 0.377. The number of alkyl halides is 2. The van der Waals surface area contributed by atoms with Gasteiger partial charge in [0.25, 0.3) is 0 Å². The first-order valence-electron chi connectivity index (χ1n) is 5.14. The molecule has 0 aromatic carbocycles. The highest BCUT2D eigenvalue weighted by atomic mass is 31.2. The summed E-state index contributed by atoms with van der Waals surface area (Å²) < 4.78 is 48.2. The van der Waals surface area contributed by atoms with Crippen molar-refractivity contribution in [3.05, 3.63) is 0 Å². The topological polar surface area (TPSA) is 35.5 Å². The molecule has 0 heterocycles. The molecule has 0 saturated heterocycles. The van der Waals surface area contributed by atoms with E-state index >= 15 is 0 Å². The molecule has 0 amide bonds. The molecule has 0 unspecified atom stereocenters. The minimum atomic E-state index is -4.36. The highest BCUT2D eigenvalue weighted by molar-refractivity contribution is 7.55. The van der Waals surface area contributed by atoms with Crippen molar-refractivity contribution in [1.82, 2.24) is 0 Å². The standard InChI is InChI=1S/C10H17F2O3P/c1-4-7-8-9-10(11,12)16(13,14-5-2)15-6-3/h1H,5-9H2,2-3H3. The Morgan fingerprint density at radius 1 is 1.31 bits per heavy atom. The number of rotatable bonds is 8. The molecular weight excluding hydrogens is 237 g/mol. The predicted molar refractivity (Wildman–Crippen MR) is 58.5 cm³/mol. The van der Waals surface area contributed by atoms with Gasteiger partial charge < -0.3 is 9.05 Å². The first-order chi connectivity index (χ1) is 7.43. The fourth-order valence-electron chi connectivity index (χ4n) is 1.11. The summed E-state index contributed by atoms with van der Waals surface area (Å²) in [6.45, 7) is 2.82. The maximum Gasteiger partial charge on any atom is 0.399 e. The summed E-state index contributed by atoms with van der Waals surface area (Å²) in [5, 5.41) is 0. The summed E-state index contributed by atoms with van der Waals surface area (Å²) in [5.74, 6) is 2.25. The lowest BCUT2D eigenvalue weighted by Crippen LogP contribution is -2.20. The molecule has 6 heteroatoms. The van der Waals surface area contributed by atoms with Crippen molar-refractivity contribution < 1.29 is 22.4 Å². The molecule has 0 fully saturated rings. The van der Waals surface area contributed by atoms with Crippen LogP contribution in [0.1, 0.15) is 33.1 Å². The van der Waals surface area contributed by atoms with E-state index in [1.165, 1.54) is 13.8 Å². The summed E-state index contributed by atoms with van der Waals surface area (Å²) >= 11 is 0. The maximum absolute atomic E-state index is 13.6. The molecule has 0 aromatic rings. The number of halogens is 2. The van der Waals surface area contributed by atoms with E-state index in [2.05, 4.69) is 15.0 Å². The summed E-state index contributed by atoms with van der Waals surface area (Å²) in [5.41, 5.74) is -3.48. The Bertz CT molecular complexity index is 276. The van der Waals surface area contributed by atoms with Crippen LogP contribution in [0.3, 0.4) is 0 Å². The average Bonchev–Trinajstić information content (AvgIpc) is 2.18. The van der Waals surface area contributed by atoms with Crippen LogP contribution in [0.5, 0.6) is 0 Å². The van der Waals surface area contributed by atoms with Crippen LogP contribution >= 0.6 is 7.60 Å². The maximum atomic E-state index is 13.6. The Hall–Kier alpha value is -0.430. The van der Waals surface area contributed by atoms with Crippen LogP contribution in [0.15, 0.2) is 0 Å². The monoisotopic (exact) mass is 254 g/mol. The van der Waals surface area contributed by atoms with Crippen molar-refractivity contribution in [1.29, 1.82) is 0 Å². The Labute approximate surface area is 95.0 Å². The molecule has 94 valence electrons. The van der Waals surface area contributed by atoms with E-state index in [4.69, 9.17) is 6.42 Å². The third-order valence-corrected chi connectivity index (χ3v) is 4.02. The Balaban J connectivity index is 4.62. The van der Waals surface area contributed by atoms with Gasteiger partial charge in [0, 0.05) is 12.8 Å². The first kappa shape index (κ1) is 15.6. The second-order valence-electron chi connectivity index (χ2n) is 3.06. The molecule has 0 rings (SSSR count). The summed E-state index contributed by atoms with van der Waals surface area (Å²) in [6.07, 6.45) is 4.68. The van der Waals surface area contributed by atoms with Crippen LogP contribution in [0.25, 0.3) is 0 Å². The summed E-state index contributed by atoms with van der Waals surface area (Å²) in [6, 6.07) is 0. The van der Waals surface area contributed by atoms with Crippen LogP contribution in [0.2, 0.25) is 0 Å². The van der Waals surface area contributed by atoms with Gasteiger partial charge in [0.2, 0.25) is 0 Å². The zero-order valence-electron chi connectivity index (χ0n) is 9.54. The van der Waals surface area contributed by atoms with Gasteiger partial charge >= 0.3 is 13.3 Å². The SMILES string of the molecule is C#CCCCC(F)(F)P(=O)(OCC)OCC. The highest BCUT2D eigenvalue weighted by Gasteiger charge is 2.52. The molecule has 0 aliphatic heterocycles. The second-order valence-corrected chi connectivity index (χ2v) is 5.22. The van der Waals surface area contributed by atoms with Gasteiger partial charge in [0.05, 0.1) is 13.2 Å². The minimum Gasteiger partial charge on any atom is -0.305 e. The van der Waals surface area contributed by atoms with Crippen molar-refractivity contribution in [3.63, 3.8) is 0 Å². The van der Waals surface area contributed by atoms with Crippen molar-refractivity contribution in [3.8, 4) is 12.3 Å². The zero-order chi connectivity index (χ0) is 12.7. The third kappa shape index (κ3) is 4.21. The van der Waals surface area contributed by atoms with Crippen molar-refractivity contribution in [2.45, 2.75) is 38.8 Å². The molecular formula is C10H17F2O3P. The zero-order valence-corrected chi connectivity index (χ0v) is 10.4. The van der Waals surface area contributed by atoms with Gasteiger partial charge in [0.15, 0.2) is 0 Å². The predicted octanol–water partition coefficient (Wildman–Crippen LogP) is 3.65. The normalized spacial score (nSPS) is 12.4. The molecule has 0 radical (unpaired) electrons. The molecule has 0 aromatic heterocycles. The van der Waals surface area contributed by atoms with E-state index in [0.29, 0.717) is 0 Å². The molecule has 0 aliphatic carbocycles. The first-order valence-corrected chi connectivity index (χ1v) is 6.68. The van der Waals surface area contributed by atoms with Crippen LogP contribution in [0.4, 0.5) is 8.78 Å². The molecule has 0 N–H and O–H groups in total. The van der Waals surface area contributed by atoms with Crippen LogP contribution in [0, 0.1) is 12.3 Å². The van der Waals surface area contributed by atoms with Crippen molar-refractivity contribution in [2.24, 2.45) is 0 Å². The lowest BCUT2D eigenvalue weighted by atomic mass is 10.2. The Morgan fingerprint density at radius 2 is 1.81 bits per heavy atom. The van der Waals surface area contributed by atoms with Gasteiger partial charge in [-0.2, -0.15) is 8.78 Å². The largest absolute Gasteiger partial charge is 0.399 e. The number of hydrogen-bond donors (Lipinski definition) is 0. The molecule has 3 nitrogen and oxygen atoms in total. The lowest BCUT2D eigenvalue weighted by Gasteiger charge is -2.25. The molecule has 0 saturated carbocycles. The molecule has 0 spiro atoms. The average molecular weight is 254 g/mol. The highest BCUT2D eigenvalue weighted by Crippen LogP contribution is 2.63. The fourth-order valence-corrected chi connectivity index (χ4v) is 2.67.